The van der Waals surface area contributed by atoms with Crippen LogP contribution in [0.25, 0.3) is 0 Å². The van der Waals surface area contributed by atoms with Crippen LogP contribution in [0.4, 0.5) is 5.69 Å². The van der Waals surface area contributed by atoms with Crippen molar-refractivity contribution in [3.05, 3.63) is 30.3 Å². The van der Waals surface area contributed by atoms with Crippen molar-refractivity contribution in [3.8, 4) is 0 Å². The lowest BCUT2D eigenvalue weighted by Gasteiger charge is -2.41. The first-order chi connectivity index (χ1) is 10.9. The number of nitrogens with zero attached hydrogens (tertiary/aromatic N) is 2. The molecule has 3 heterocycles. The van der Waals surface area contributed by atoms with Crippen molar-refractivity contribution < 1.29 is 14.3 Å². The summed E-state index contributed by atoms with van der Waals surface area (Å²) in [5, 5.41) is 2.46. The van der Waals surface area contributed by atoms with Crippen LogP contribution in [-0.2, 0) is 14.3 Å². The van der Waals surface area contributed by atoms with E-state index >= 15 is 0 Å². The third kappa shape index (κ3) is 1.59. The first-order valence-electron chi connectivity index (χ1n) is 7.87. The summed E-state index contributed by atoms with van der Waals surface area (Å²) in [6.07, 6.45) is 0.664. The van der Waals surface area contributed by atoms with Gasteiger partial charge in [-0.05, 0) is 25.5 Å². The Kier molecular flexibility index (Phi) is 2.76. The van der Waals surface area contributed by atoms with Gasteiger partial charge in [-0.15, -0.1) is 0 Å². The highest BCUT2D eigenvalue weighted by Gasteiger charge is 2.75. The Hall–Kier alpha value is -2.21. The van der Waals surface area contributed by atoms with Crippen molar-refractivity contribution in [3.63, 3.8) is 0 Å². The summed E-state index contributed by atoms with van der Waals surface area (Å²) in [7, 11) is 1.89. The van der Waals surface area contributed by atoms with Crippen LogP contribution in [0, 0.1) is 11.8 Å². The van der Waals surface area contributed by atoms with Crippen molar-refractivity contribution >= 4 is 23.2 Å². The molecule has 120 valence electrons. The number of hydrogen-bond donors (Lipinski definition) is 1. The molecule has 2 saturated heterocycles. The van der Waals surface area contributed by atoms with Crippen molar-refractivity contribution in [1.29, 1.82) is 0 Å². The second kappa shape index (κ2) is 4.41. The monoisotopic (exact) mass is 313 g/mol. The van der Waals surface area contributed by atoms with Gasteiger partial charge < -0.3 is 9.64 Å². The van der Waals surface area contributed by atoms with Crippen molar-refractivity contribution in [1.82, 2.24) is 5.32 Å². The summed E-state index contributed by atoms with van der Waals surface area (Å²) in [5.74, 6) is -1.70. The fourth-order valence-electron chi connectivity index (χ4n) is 4.30. The van der Waals surface area contributed by atoms with E-state index in [9.17, 15) is 9.59 Å². The number of carbonyl (C=O) groups excluding carboxylic acids is 2. The largest absolute Gasteiger partial charge is 0.341 e. The molecule has 0 aromatic heterocycles. The molecule has 1 N–H and O–H groups in total. The van der Waals surface area contributed by atoms with Crippen molar-refractivity contribution in [2.75, 3.05) is 11.9 Å². The maximum absolute atomic E-state index is 12.5. The number of imide groups is 1. The molecule has 3 aliphatic heterocycles. The molecule has 0 aliphatic carbocycles. The molecule has 1 aromatic carbocycles. The lowest BCUT2D eigenvalue weighted by molar-refractivity contribution is -0.133. The minimum Gasteiger partial charge on any atom is -0.341 e. The number of anilines is 1. The van der Waals surface area contributed by atoms with Gasteiger partial charge in [0.05, 0.1) is 5.71 Å². The molecule has 1 aromatic rings. The number of fused-ring (bicyclic) bond motifs is 5. The molecule has 4 atom stereocenters. The second-order valence-electron chi connectivity index (χ2n) is 6.47. The van der Waals surface area contributed by atoms with Crippen LogP contribution in [0.2, 0.25) is 0 Å². The van der Waals surface area contributed by atoms with E-state index in [2.05, 4.69) is 5.32 Å². The topological polar surface area (TPSA) is 71.0 Å². The van der Waals surface area contributed by atoms with Gasteiger partial charge in [0.25, 0.3) is 0 Å². The number of nitrogens with one attached hydrogen (secondary N) is 1. The first kappa shape index (κ1) is 14.4. The number of rotatable bonds is 3. The molecule has 2 fully saturated rings. The van der Waals surface area contributed by atoms with E-state index in [-0.39, 0.29) is 11.8 Å². The number of para-hydroxylation sites is 1. The second-order valence-corrected chi connectivity index (χ2v) is 6.47. The molecule has 0 saturated carbocycles. The highest BCUT2D eigenvalue weighted by Crippen LogP contribution is 2.57. The molecule has 0 spiro atoms. The van der Waals surface area contributed by atoms with Crippen LogP contribution >= 0.6 is 0 Å². The lowest BCUT2D eigenvalue weighted by Crippen LogP contribution is -2.59. The fraction of sp³-hybridized carbons (Fsp3) is 0.471. The summed E-state index contributed by atoms with van der Waals surface area (Å²) in [6, 6.07) is 9.73. The smallest absolute Gasteiger partial charge is 0.235 e. The molecule has 2 bridgehead atoms. The number of amides is 2. The summed E-state index contributed by atoms with van der Waals surface area (Å²) in [4.78, 5) is 31.4. The van der Waals surface area contributed by atoms with Crippen LogP contribution in [0.15, 0.2) is 35.3 Å². The van der Waals surface area contributed by atoms with Gasteiger partial charge in [-0.1, -0.05) is 25.1 Å². The molecule has 23 heavy (non-hydrogen) atoms. The SMILES string of the molecule is CCC1=NC2(C)OC1(N(C)c1ccccc1)C1C(=O)NC(=O)C12. The Bertz CT molecular complexity index is 732. The zero-order valence-corrected chi connectivity index (χ0v) is 13.4. The van der Waals surface area contributed by atoms with E-state index in [1.165, 1.54) is 0 Å². The Morgan fingerprint density at radius 3 is 2.52 bits per heavy atom. The van der Waals surface area contributed by atoms with Gasteiger partial charge in [-0.3, -0.25) is 19.9 Å². The average molecular weight is 313 g/mol. The van der Waals surface area contributed by atoms with E-state index in [1.807, 2.05) is 49.2 Å². The molecule has 6 nitrogen and oxygen atoms in total. The highest BCUT2D eigenvalue weighted by molar-refractivity contribution is 6.13. The predicted octanol–water partition coefficient (Wildman–Crippen LogP) is 1.32. The minimum atomic E-state index is -0.994. The standard InChI is InChI=1S/C17H19N3O3/c1-4-11-17(20(3)10-8-6-5-7-9-10)13-12(14(21)18-15(13)22)16(2,19-11)23-17/h5-9,12-13H,4H2,1-3H3,(H,18,21,22). The van der Waals surface area contributed by atoms with E-state index in [4.69, 9.17) is 9.73 Å². The van der Waals surface area contributed by atoms with E-state index in [0.717, 1.165) is 11.4 Å². The maximum Gasteiger partial charge on any atom is 0.235 e. The van der Waals surface area contributed by atoms with Crippen LogP contribution in [0.3, 0.4) is 0 Å². The van der Waals surface area contributed by atoms with Crippen molar-refractivity contribution in [2.24, 2.45) is 16.8 Å². The Labute approximate surface area is 134 Å². The summed E-state index contributed by atoms with van der Waals surface area (Å²) in [5.41, 5.74) is -0.232. The van der Waals surface area contributed by atoms with Gasteiger partial charge in [-0.2, -0.15) is 0 Å². The lowest BCUT2D eigenvalue weighted by atomic mass is 9.77. The number of carbonyl (C=O) groups is 2. The first-order valence-corrected chi connectivity index (χ1v) is 7.87. The van der Waals surface area contributed by atoms with Crippen molar-refractivity contribution in [2.45, 2.75) is 31.7 Å². The fourth-order valence-corrected chi connectivity index (χ4v) is 4.30. The van der Waals surface area contributed by atoms with Crippen LogP contribution in [-0.4, -0.2) is 36.0 Å². The third-order valence-corrected chi connectivity index (χ3v) is 5.25. The molecule has 6 heteroatoms. The average Bonchev–Trinajstić information content (AvgIpc) is 3.12. The Balaban J connectivity index is 1.90. The predicted molar refractivity (Wildman–Crippen MR) is 84.9 cm³/mol. The number of benzene rings is 1. The minimum absolute atomic E-state index is 0.271. The summed E-state index contributed by atoms with van der Waals surface area (Å²) >= 11 is 0. The molecule has 2 amide bonds. The van der Waals surface area contributed by atoms with Gasteiger partial charge in [-0.25, -0.2) is 0 Å². The molecule has 4 rings (SSSR count). The van der Waals surface area contributed by atoms with Gasteiger partial charge in [0.2, 0.25) is 11.8 Å². The van der Waals surface area contributed by atoms with E-state index in [1.54, 1.807) is 6.92 Å². The van der Waals surface area contributed by atoms with Gasteiger partial charge in [0, 0.05) is 12.7 Å². The molecular weight excluding hydrogens is 294 g/mol. The molecular formula is C17H19N3O3. The number of aliphatic imine (C=N–C) groups is 1. The zero-order valence-electron chi connectivity index (χ0n) is 13.4. The van der Waals surface area contributed by atoms with Gasteiger partial charge in [0.1, 0.15) is 11.8 Å². The Morgan fingerprint density at radius 1 is 1.22 bits per heavy atom. The highest BCUT2D eigenvalue weighted by atomic mass is 16.6. The summed E-state index contributed by atoms with van der Waals surface area (Å²) in [6.45, 7) is 3.79. The molecule has 4 unspecified atom stereocenters. The quantitative estimate of drug-likeness (QED) is 0.854. The molecule has 3 aliphatic rings. The van der Waals surface area contributed by atoms with Crippen LogP contribution in [0.5, 0.6) is 0 Å². The zero-order chi connectivity index (χ0) is 16.4. The maximum atomic E-state index is 12.5. The van der Waals surface area contributed by atoms with E-state index in [0.29, 0.717) is 6.42 Å². The third-order valence-electron chi connectivity index (χ3n) is 5.25. The number of ether oxygens (including phenoxy) is 1. The number of hydrogen-bond acceptors (Lipinski definition) is 5. The van der Waals surface area contributed by atoms with Crippen LogP contribution in [0.1, 0.15) is 20.3 Å². The van der Waals surface area contributed by atoms with E-state index < -0.39 is 23.3 Å². The Morgan fingerprint density at radius 2 is 1.87 bits per heavy atom. The summed E-state index contributed by atoms with van der Waals surface area (Å²) < 4.78 is 6.32. The normalized spacial score (nSPS) is 37.6. The van der Waals surface area contributed by atoms with Gasteiger partial charge in [0.15, 0.2) is 11.4 Å². The van der Waals surface area contributed by atoms with Gasteiger partial charge >= 0.3 is 0 Å². The molecule has 0 radical (unpaired) electrons. The van der Waals surface area contributed by atoms with Crippen LogP contribution < -0.4 is 10.2 Å².